The van der Waals surface area contributed by atoms with Gasteiger partial charge in [-0.2, -0.15) is 0 Å². The van der Waals surface area contributed by atoms with Crippen molar-refractivity contribution in [1.82, 2.24) is 0 Å². The van der Waals surface area contributed by atoms with Crippen LogP contribution in [0.4, 0.5) is 0 Å². The van der Waals surface area contributed by atoms with Gasteiger partial charge in [0.1, 0.15) is 0 Å². The maximum absolute atomic E-state index is 3.52. The van der Waals surface area contributed by atoms with E-state index in [2.05, 4.69) is 98.2 Å². The van der Waals surface area contributed by atoms with Gasteiger partial charge in [-0.15, -0.1) is 57.2 Å². The first-order chi connectivity index (χ1) is 18.6. The van der Waals surface area contributed by atoms with Crippen LogP contribution >= 0.6 is 45.3 Å². The molecule has 7 rings (SSSR count). The Morgan fingerprint density at radius 1 is 0.526 bits per heavy atom. The molecule has 38 heavy (non-hydrogen) atoms. The van der Waals surface area contributed by atoms with E-state index in [9.17, 15) is 0 Å². The number of hydrogen-bond acceptors (Lipinski definition) is 4. The van der Waals surface area contributed by atoms with Crippen LogP contribution in [-0.2, 0) is 0 Å². The van der Waals surface area contributed by atoms with E-state index < -0.39 is 0 Å². The van der Waals surface area contributed by atoms with Gasteiger partial charge in [0.2, 0.25) is 0 Å². The largest absolute Gasteiger partial charge is 0.141 e. The maximum Gasteiger partial charge on any atom is 0.0531 e. The van der Waals surface area contributed by atoms with E-state index in [-0.39, 0.29) is 0 Å². The zero-order valence-electron chi connectivity index (χ0n) is 21.4. The van der Waals surface area contributed by atoms with Gasteiger partial charge in [0.25, 0.3) is 0 Å². The molecule has 0 radical (unpaired) electrons. The van der Waals surface area contributed by atoms with Crippen LogP contribution in [0.5, 0.6) is 0 Å². The molecule has 7 aromatic rings. The third-order valence-electron chi connectivity index (χ3n) is 6.88. The van der Waals surface area contributed by atoms with Crippen LogP contribution in [-0.4, -0.2) is 0 Å². The molecule has 3 aromatic carbocycles. The second-order valence-electron chi connectivity index (χ2n) is 9.35. The highest BCUT2D eigenvalue weighted by Gasteiger charge is 2.21. The molecule has 0 aliphatic rings. The average Bonchev–Trinajstić information content (AvgIpc) is 3.70. The van der Waals surface area contributed by atoms with E-state index in [4.69, 9.17) is 0 Å². The summed E-state index contributed by atoms with van der Waals surface area (Å²) in [6, 6.07) is 22.6. The Morgan fingerprint density at radius 2 is 0.974 bits per heavy atom. The van der Waals surface area contributed by atoms with Gasteiger partial charge in [0.05, 0.1) is 20.5 Å². The summed E-state index contributed by atoms with van der Waals surface area (Å²) in [5.41, 5.74) is 4.83. The molecule has 0 atom stereocenters. The molecule has 0 aliphatic carbocycles. The lowest BCUT2D eigenvalue weighted by Crippen LogP contribution is -1.85. The Bertz CT molecular complexity index is 2030. The van der Waals surface area contributed by atoms with Crippen molar-refractivity contribution >= 4 is 85.7 Å². The zero-order valence-corrected chi connectivity index (χ0v) is 24.7. The zero-order chi connectivity index (χ0) is 26.0. The molecule has 0 bridgehead atoms. The van der Waals surface area contributed by atoms with Gasteiger partial charge in [-0.25, -0.2) is 0 Å². The highest BCUT2D eigenvalue weighted by atomic mass is 32.1. The van der Waals surface area contributed by atoms with Gasteiger partial charge >= 0.3 is 0 Å². The highest BCUT2D eigenvalue weighted by molar-refractivity contribution is 7.28. The lowest BCUT2D eigenvalue weighted by molar-refractivity contribution is 1.64. The van der Waals surface area contributed by atoms with Gasteiger partial charge in [-0.3, -0.25) is 0 Å². The third-order valence-corrected chi connectivity index (χ3v) is 11.3. The topological polar surface area (TPSA) is 0 Å². The van der Waals surface area contributed by atoms with E-state index in [0.717, 1.165) is 11.1 Å². The molecule has 0 unspecified atom stereocenters. The van der Waals surface area contributed by atoms with Crippen LogP contribution in [0.15, 0.2) is 60.7 Å². The lowest BCUT2D eigenvalue weighted by Gasteiger charge is -2.05. The first-order valence-corrected chi connectivity index (χ1v) is 15.7. The predicted molar refractivity (Wildman–Crippen MR) is 173 cm³/mol. The SMILES string of the molecule is CC#Cc1c2sc3cc(-c4ccc(C)s4)ccc3c2c(C#CC)c2sc3cc(-c4ccc(C)s4)ccc3c12. The molecule has 4 heterocycles. The van der Waals surface area contributed by atoms with E-state index in [0.29, 0.717) is 0 Å². The summed E-state index contributed by atoms with van der Waals surface area (Å²) in [6.45, 7) is 8.21. The second-order valence-corrected chi connectivity index (χ2v) is 14.0. The summed E-state index contributed by atoms with van der Waals surface area (Å²) in [5, 5.41) is 5.04. The van der Waals surface area contributed by atoms with Gasteiger partial charge in [0.15, 0.2) is 0 Å². The molecule has 0 spiro atoms. The van der Waals surface area contributed by atoms with Crippen LogP contribution in [0.1, 0.15) is 34.7 Å². The fraction of sp³-hybridized carbons (Fsp3) is 0.118. The number of benzene rings is 3. The van der Waals surface area contributed by atoms with Crippen LogP contribution in [0.2, 0.25) is 0 Å². The molecule has 4 heteroatoms. The molecular formula is C34H22S4. The minimum absolute atomic E-state index is 1.14. The van der Waals surface area contributed by atoms with Crippen molar-refractivity contribution in [2.75, 3.05) is 0 Å². The number of thiophene rings is 4. The van der Waals surface area contributed by atoms with Crippen molar-refractivity contribution in [2.45, 2.75) is 27.7 Å². The monoisotopic (exact) mass is 558 g/mol. The first kappa shape index (κ1) is 23.7. The molecule has 0 saturated carbocycles. The van der Waals surface area contributed by atoms with Crippen LogP contribution in [0.3, 0.4) is 0 Å². The van der Waals surface area contributed by atoms with Crippen molar-refractivity contribution in [1.29, 1.82) is 0 Å². The van der Waals surface area contributed by atoms with Gasteiger partial charge in [-0.05, 0) is 75.2 Å². The van der Waals surface area contributed by atoms with Gasteiger partial charge < -0.3 is 0 Å². The summed E-state index contributed by atoms with van der Waals surface area (Å²) in [7, 11) is 0. The molecule has 0 nitrogen and oxygen atoms in total. The van der Waals surface area contributed by atoms with Crippen molar-refractivity contribution in [2.24, 2.45) is 0 Å². The standard InChI is InChI=1S/C34H22S4/c1-5-7-25-31-23-13-11-21(27-15-9-19(3)35-27)17-29(23)38-34(31)26(8-6-2)32-24-14-12-22(18-30(24)37-33(25)32)28-16-10-20(4)36-28/h9-18H,1-4H3. The van der Waals surface area contributed by atoms with Crippen molar-refractivity contribution in [3.63, 3.8) is 0 Å². The highest BCUT2D eigenvalue weighted by Crippen LogP contribution is 2.48. The Balaban J connectivity index is 1.58. The molecular weight excluding hydrogens is 537 g/mol. The third kappa shape index (κ3) is 3.64. The molecule has 0 saturated heterocycles. The smallest absolute Gasteiger partial charge is 0.0531 e. The van der Waals surface area contributed by atoms with Gasteiger partial charge in [0, 0.05) is 50.5 Å². The first-order valence-electron chi connectivity index (χ1n) is 12.4. The average molecular weight is 559 g/mol. The minimum Gasteiger partial charge on any atom is -0.141 e. The fourth-order valence-electron chi connectivity index (χ4n) is 5.24. The van der Waals surface area contributed by atoms with Gasteiger partial charge in [-0.1, -0.05) is 36.1 Å². The molecule has 4 aromatic heterocycles. The number of aryl methyl sites for hydroxylation is 2. The summed E-state index contributed by atoms with van der Waals surface area (Å²) < 4.78 is 5.08. The van der Waals surface area contributed by atoms with Crippen molar-refractivity contribution in [3.8, 4) is 44.6 Å². The number of rotatable bonds is 2. The lowest BCUT2D eigenvalue weighted by atomic mass is 9.97. The van der Waals surface area contributed by atoms with E-state index in [1.54, 1.807) is 0 Å². The Labute approximate surface area is 238 Å². The van der Waals surface area contributed by atoms with E-state index in [1.165, 1.54) is 71.0 Å². The molecule has 182 valence electrons. The van der Waals surface area contributed by atoms with E-state index in [1.807, 2.05) is 59.2 Å². The number of fused-ring (bicyclic) bond motifs is 6. The van der Waals surface area contributed by atoms with Crippen LogP contribution < -0.4 is 0 Å². The Morgan fingerprint density at radius 3 is 1.34 bits per heavy atom. The summed E-state index contributed by atoms with van der Waals surface area (Å²) in [5.74, 6) is 13.5. The van der Waals surface area contributed by atoms with Crippen molar-refractivity contribution < 1.29 is 0 Å². The van der Waals surface area contributed by atoms with Crippen molar-refractivity contribution in [3.05, 3.63) is 81.5 Å². The molecule has 0 N–H and O–H groups in total. The summed E-state index contributed by atoms with van der Waals surface area (Å²) >= 11 is 7.40. The summed E-state index contributed by atoms with van der Waals surface area (Å²) in [6.07, 6.45) is 0. The molecule has 0 fully saturated rings. The predicted octanol–water partition coefficient (Wildman–Crippen LogP) is 11.2. The number of hydrogen-bond donors (Lipinski definition) is 0. The molecule has 0 aliphatic heterocycles. The van der Waals surface area contributed by atoms with Crippen LogP contribution in [0, 0.1) is 37.5 Å². The Hall–Kier alpha value is -3.38. The Kier molecular flexibility index (Phi) is 5.69. The minimum atomic E-state index is 1.14. The quantitative estimate of drug-likeness (QED) is 0.185. The second kappa shape index (κ2) is 9.12. The maximum atomic E-state index is 3.52. The fourth-order valence-corrected chi connectivity index (χ4v) is 9.48. The summed E-state index contributed by atoms with van der Waals surface area (Å²) in [4.78, 5) is 5.30. The van der Waals surface area contributed by atoms with E-state index >= 15 is 0 Å². The molecule has 0 amide bonds. The normalized spacial score (nSPS) is 11.3. The van der Waals surface area contributed by atoms with Crippen LogP contribution in [0.25, 0.3) is 61.2 Å².